The van der Waals surface area contributed by atoms with Crippen LogP contribution in [0.4, 0.5) is 0 Å². The Labute approximate surface area is 165 Å². The maximum Gasteiger partial charge on any atom is 0.305 e. The van der Waals surface area contributed by atoms with Gasteiger partial charge in [0, 0.05) is 0 Å². The van der Waals surface area contributed by atoms with Crippen LogP contribution >= 0.6 is 0 Å². The highest BCUT2D eigenvalue weighted by atomic mass is 16.4. The van der Waals surface area contributed by atoms with E-state index in [1.165, 1.54) is 19.1 Å². The van der Waals surface area contributed by atoms with E-state index in [0.29, 0.717) is 5.56 Å². The molecule has 2 amide bonds. The number of carbonyl (C=O) groups is 5. The van der Waals surface area contributed by atoms with Crippen molar-refractivity contribution in [1.82, 2.24) is 10.6 Å². The summed E-state index contributed by atoms with van der Waals surface area (Å²) in [6, 6.07) is 1.89. The van der Waals surface area contributed by atoms with Gasteiger partial charge in [-0.05, 0) is 31.0 Å². The normalized spacial score (nSPS) is 13.6. The highest BCUT2D eigenvalue weighted by molar-refractivity contribution is 5.95. The average Bonchev–Trinajstić information content (AvgIpc) is 2.61. The van der Waals surface area contributed by atoms with Crippen molar-refractivity contribution in [3.05, 3.63) is 29.8 Å². The number of rotatable bonds is 11. The number of aromatic hydroxyl groups is 1. The number of ketones is 1. The van der Waals surface area contributed by atoms with Crippen molar-refractivity contribution in [2.75, 3.05) is 0 Å². The molecule has 0 saturated heterocycles. The standard InChI is InChI=1S/C18H23N3O8/c1-9(22)13(6-10-2-4-11(23)5-3-10)20-18(29)14(8-16(26)27)21-17(28)12(19)7-15(24)25/h2-5,12-14,23H,6-8,19H2,1H3,(H,20,29)(H,21,28)(H,24,25)(H,26,27). The first-order valence-electron chi connectivity index (χ1n) is 8.57. The number of phenolic OH excluding ortho intramolecular Hbond substituents is 1. The average molecular weight is 409 g/mol. The Morgan fingerprint density at radius 2 is 1.41 bits per heavy atom. The fourth-order valence-electron chi connectivity index (χ4n) is 2.38. The lowest BCUT2D eigenvalue weighted by Gasteiger charge is -2.22. The third-order valence-corrected chi connectivity index (χ3v) is 3.93. The number of Topliss-reactive ketones (excluding diaryl/α,β-unsaturated/α-hetero) is 1. The van der Waals surface area contributed by atoms with Crippen LogP contribution in [-0.4, -0.2) is 63.0 Å². The molecule has 29 heavy (non-hydrogen) atoms. The first-order chi connectivity index (χ1) is 13.5. The summed E-state index contributed by atoms with van der Waals surface area (Å²) < 4.78 is 0. The number of carboxylic acids is 2. The molecule has 7 N–H and O–H groups in total. The summed E-state index contributed by atoms with van der Waals surface area (Å²) in [7, 11) is 0. The Morgan fingerprint density at radius 3 is 1.90 bits per heavy atom. The lowest BCUT2D eigenvalue weighted by Crippen LogP contribution is -2.55. The molecule has 11 heteroatoms. The van der Waals surface area contributed by atoms with Crippen molar-refractivity contribution in [3.63, 3.8) is 0 Å². The zero-order chi connectivity index (χ0) is 22.1. The van der Waals surface area contributed by atoms with Gasteiger partial charge in [0.2, 0.25) is 11.8 Å². The maximum atomic E-state index is 12.5. The van der Waals surface area contributed by atoms with Gasteiger partial charge in [0.25, 0.3) is 0 Å². The number of phenols is 1. The van der Waals surface area contributed by atoms with E-state index >= 15 is 0 Å². The fraction of sp³-hybridized carbons (Fsp3) is 0.389. The Morgan fingerprint density at radius 1 is 0.897 bits per heavy atom. The molecule has 0 saturated carbocycles. The van der Waals surface area contributed by atoms with Crippen LogP contribution in [0, 0.1) is 0 Å². The van der Waals surface area contributed by atoms with Crippen LogP contribution in [0.1, 0.15) is 25.3 Å². The van der Waals surface area contributed by atoms with Gasteiger partial charge in [0.15, 0.2) is 5.78 Å². The summed E-state index contributed by atoms with van der Waals surface area (Å²) in [6.07, 6.45) is -1.42. The zero-order valence-electron chi connectivity index (χ0n) is 15.6. The molecule has 0 spiro atoms. The second-order valence-electron chi connectivity index (χ2n) is 6.41. The summed E-state index contributed by atoms with van der Waals surface area (Å²) >= 11 is 0. The van der Waals surface area contributed by atoms with Gasteiger partial charge in [0.1, 0.15) is 11.8 Å². The minimum Gasteiger partial charge on any atom is -0.508 e. The number of benzene rings is 1. The molecular weight excluding hydrogens is 386 g/mol. The molecule has 0 aliphatic heterocycles. The first-order valence-corrected chi connectivity index (χ1v) is 8.57. The fourth-order valence-corrected chi connectivity index (χ4v) is 2.38. The smallest absolute Gasteiger partial charge is 0.305 e. The van der Waals surface area contributed by atoms with E-state index in [1.54, 1.807) is 12.1 Å². The molecule has 158 valence electrons. The van der Waals surface area contributed by atoms with E-state index < -0.39 is 60.5 Å². The van der Waals surface area contributed by atoms with Gasteiger partial charge in [-0.15, -0.1) is 0 Å². The van der Waals surface area contributed by atoms with Crippen molar-refractivity contribution >= 4 is 29.5 Å². The Bertz CT molecular complexity index is 778. The lowest BCUT2D eigenvalue weighted by molar-refractivity contribution is -0.142. The van der Waals surface area contributed by atoms with E-state index in [2.05, 4.69) is 10.6 Å². The molecule has 1 aromatic rings. The summed E-state index contributed by atoms with van der Waals surface area (Å²) in [5, 5.41) is 31.5. The number of nitrogens with two attached hydrogens (primary N) is 1. The largest absolute Gasteiger partial charge is 0.508 e. The minimum absolute atomic E-state index is 0.0269. The number of hydrogen-bond donors (Lipinski definition) is 6. The topological polar surface area (TPSA) is 196 Å². The molecule has 1 aromatic carbocycles. The van der Waals surface area contributed by atoms with Crippen LogP contribution in [-0.2, 0) is 30.4 Å². The summed E-state index contributed by atoms with van der Waals surface area (Å²) in [4.78, 5) is 58.0. The predicted octanol–water partition coefficient (Wildman–Crippen LogP) is -1.23. The molecule has 1 rings (SSSR count). The Balaban J connectivity index is 2.88. The second kappa shape index (κ2) is 10.8. The number of nitrogens with one attached hydrogen (secondary N) is 2. The van der Waals surface area contributed by atoms with E-state index in [-0.39, 0.29) is 12.2 Å². The molecular formula is C18H23N3O8. The molecule has 0 bridgehead atoms. The van der Waals surface area contributed by atoms with E-state index in [4.69, 9.17) is 15.9 Å². The van der Waals surface area contributed by atoms with Gasteiger partial charge in [-0.2, -0.15) is 0 Å². The van der Waals surface area contributed by atoms with Gasteiger partial charge >= 0.3 is 11.9 Å². The van der Waals surface area contributed by atoms with Crippen LogP contribution in [0.3, 0.4) is 0 Å². The van der Waals surface area contributed by atoms with Gasteiger partial charge in [-0.3, -0.25) is 24.0 Å². The molecule has 3 atom stereocenters. The zero-order valence-corrected chi connectivity index (χ0v) is 15.6. The van der Waals surface area contributed by atoms with Crippen LogP contribution in [0.15, 0.2) is 24.3 Å². The van der Waals surface area contributed by atoms with Crippen molar-refractivity contribution in [1.29, 1.82) is 0 Å². The monoisotopic (exact) mass is 409 g/mol. The van der Waals surface area contributed by atoms with E-state index in [0.717, 1.165) is 0 Å². The van der Waals surface area contributed by atoms with Gasteiger partial charge in [0.05, 0.1) is 24.9 Å². The lowest BCUT2D eigenvalue weighted by atomic mass is 10.0. The highest BCUT2D eigenvalue weighted by Crippen LogP contribution is 2.12. The van der Waals surface area contributed by atoms with Gasteiger partial charge in [-0.1, -0.05) is 12.1 Å². The van der Waals surface area contributed by atoms with Gasteiger partial charge < -0.3 is 31.7 Å². The number of amides is 2. The van der Waals surface area contributed by atoms with Crippen LogP contribution in [0.2, 0.25) is 0 Å². The predicted molar refractivity (Wildman–Crippen MR) is 98.8 cm³/mol. The number of aliphatic carboxylic acids is 2. The van der Waals surface area contributed by atoms with Crippen LogP contribution < -0.4 is 16.4 Å². The summed E-state index contributed by atoms with van der Waals surface area (Å²) in [5.41, 5.74) is 6.04. The molecule has 3 unspecified atom stereocenters. The SMILES string of the molecule is CC(=O)C(Cc1ccc(O)cc1)NC(=O)C(CC(=O)O)NC(=O)C(N)CC(=O)O. The van der Waals surface area contributed by atoms with Crippen molar-refractivity contribution in [2.24, 2.45) is 5.73 Å². The third kappa shape index (κ3) is 8.39. The van der Waals surface area contributed by atoms with Crippen molar-refractivity contribution in [2.45, 2.75) is 44.3 Å². The molecule has 0 fully saturated rings. The molecule has 0 aromatic heterocycles. The Hall–Kier alpha value is -3.47. The van der Waals surface area contributed by atoms with E-state index in [9.17, 15) is 29.1 Å². The number of carbonyl (C=O) groups excluding carboxylic acids is 3. The Kier molecular flexibility index (Phi) is 8.74. The maximum absolute atomic E-state index is 12.5. The van der Waals surface area contributed by atoms with E-state index in [1.807, 2.05) is 0 Å². The molecule has 0 aliphatic carbocycles. The van der Waals surface area contributed by atoms with Crippen molar-refractivity contribution in [3.8, 4) is 5.75 Å². The quantitative estimate of drug-likeness (QED) is 0.259. The molecule has 11 nitrogen and oxygen atoms in total. The highest BCUT2D eigenvalue weighted by Gasteiger charge is 2.29. The number of hydrogen-bond acceptors (Lipinski definition) is 7. The first kappa shape index (κ1) is 23.6. The summed E-state index contributed by atoms with van der Waals surface area (Å²) in [6.45, 7) is 1.24. The van der Waals surface area contributed by atoms with Gasteiger partial charge in [-0.25, -0.2) is 0 Å². The second-order valence-corrected chi connectivity index (χ2v) is 6.41. The molecule has 0 radical (unpaired) electrons. The van der Waals surface area contributed by atoms with Crippen LogP contribution in [0.5, 0.6) is 5.75 Å². The molecule has 0 heterocycles. The minimum atomic E-state index is -1.55. The summed E-state index contributed by atoms with van der Waals surface area (Å²) in [5.74, 6) is -5.05. The molecule has 0 aliphatic rings. The third-order valence-electron chi connectivity index (χ3n) is 3.93. The van der Waals surface area contributed by atoms with Crippen LogP contribution in [0.25, 0.3) is 0 Å². The number of carboxylic acid groups (broad SMARTS) is 2. The van der Waals surface area contributed by atoms with Crippen molar-refractivity contribution < 1.29 is 39.3 Å².